The monoisotopic (exact) mass is 428 g/mol. The summed E-state index contributed by atoms with van der Waals surface area (Å²) in [5.74, 6) is 1.35. The first-order valence-corrected chi connectivity index (χ1v) is 12.0. The minimum atomic E-state index is 0.204. The lowest BCUT2D eigenvalue weighted by molar-refractivity contribution is -0.0112. The molecule has 2 aliphatic rings. The summed E-state index contributed by atoms with van der Waals surface area (Å²) in [5.41, 5.74) is 3.09. The van der Waals surface area contributed by atoms with E-state index in [1.54, 1.807) is 0 Å². The van der Waals surface area contributed by atoms with E-state index < -0.39 is 0 Å². The molecule has 0 radical (unpaired) electrons. The number of halogens is 1. The molecule has 2 aromatic heterocycles. The number of pyridine rings is 1. The molecular formula is C23H25ClN2S2. The topological polar surface area (TPSA) is 25.8 Å². The van der Waals surface area contributed by atoms with Gasteiger partial charge in [0.2, 0.25) is 0 Å². The molecule has 2 nitrogen and oxygen atoms in total. The highest BCUT2D eigenvalue weighted by Crippen LogP contribution is 2.66. The summed E-state index contributed by atoms with van der Waals surface area (Å²) < 4.78 is 1.46. The smallest absolute Gasteiger partial charge is 0.0969 e. The van der Waals surface area contributed by atoms with Crippen molar-refractivity contribution >= 4 is 44.9 Å². The quantitative estimate of drug-likeness (QED) is 0.400. The largest absolute Gasteiger partial charge is 0.250 e. The van der Waals surface area contributed by atoms with Crippen molar-refractivity contribution in [3.05, 3.63) is 52.1 Å². The highest BCUT2D eigenvalue weighted by atomic mass is 35.5. The lowest BCUT2D eigenvalue weighted by atomic mass is 9.47. The fourth-order valence-corrected chi connectivity index (χ4v) is 7.01. The van der Waals surface area contributed by atoms with E-state index in [-0.39, 0.29) is 4.75 Å². The predicted octanol–water partition coefficient (Wildman–Crippen LogP) is 7.68. The molecule has 2 fully saturated rings. The first kappa shape index (κ1) is 18.9. The van der Waals surface area contributed by atoms with Crippen LogP contribution in [0, 0.1) is 5.41 Å². The number of hydrogen-bond donors (Lipinski definition) is 0. The number of nitrogens with zero attached hydrogens (tertiary/aromatic N) is 2. The van der Waals surface area contributed by atoms with E-state index in [1.165, 1.54) is 41.0 Å². The molecule has 5 rings (SSSR count). The van der Waals surface area contributed by atoms with Crippen LogP contribution in [0.5, 0.6) is 0 Å². The van der Waals surface area contributed by atoms with Crippen molar-refractivity contribution in [2.45, 2.75) is 68.1 Å². The lowest BCUT2D eigenvalue weighted by Gasteiger charge is -2.57. The number of aromatic nitrogens is 2. The van der Waals surface area contributed by atoms with Gasteiger partial charge in [-0.25, -0.2) is 9.97 Å². The van der Waals surface area contributed by atoms with Crippen molar-refractivity contribution in [1.82, 2.24) is 9.97 Å². The molecule has 2 heterocycles. The molecule has 3 aromatic rings. The zero-order valence-electron chi connectivity index (χ0n) is 16.5. The van der Waals surface area contributed by atoms with Crippen LogP contribution < -0.4 is 0 Å². The molecule has 2 aliphatic carbocycles. The van der Waals surface area contributed by atoms with E-state index in [4.69, 9.17) is 16.6 Å². The number of thiazole rings is 1. The SMILES string of the molecule is CC(C)(C)Sc1cc(C2CC3(C2)CC(c2nc4cc(Cl)ccc4s2)C3)ccn1. The van der Waals surface area contributed by atoms with Gasteiger partial charge in [0.15, 0.2) is 0 Å². The lowest BCUT2D eigenvalue weighted by Crippen LogP contribution is -2.45. The van der Waals surface area contributed by atoms with Crippen molar-refractivity contribution in [2.75, 3.05) is 0 Å². The first-order valence-electron chi connectivity index (χ1n) is 10.00. The maximum Gasteiger partial charge on any atom is 0.0969 e. The van der Waals surface area contributed by atoms with Crippen molar-refractivity contribution in [3.63, 3.8) is 0 Å². The van der Waals surface area contributed by atoms with E-state index in [1.807, 2.05) is 41.4 Å². The summed E-state index contributed by atoms with van der Waals surface area (Å²) in [6.45, 7) is 6.73. The molecule has 5 heteroatoms. The predicted molar refractivity (Wildman–Crippen MR) is 121 cm³/mol. The van der Waals surface area contributed by atoms with Crippen LogP contribution in [0.4, 0.5) is 0 Å². The van der Waals surface area contributed by atoms with Gasteiger partial charge in [0.05, 0.1) is 20.3 Å². The van der Waals surface area contributed by atoms with Crippen molar-refractivity contribution < 1.29 is 0 Å². The van der Waals surface area contributed by atoms with E-state index >= 15 is 0 Å². The Labute approximate surface area is 180 Å². The molecule has 1 aromatic carbocycles. The minimum Gasteiger partial charge on any atom is -0.250 e. The number of thioether (sulfide) groups is 1. The van der Waals surface area contributed by atoms with Gasteiger partial charge in [-0.05, 0) is 72.9 Å². The maximum atomic E-state index is 6.11. The van der Waals surface area contributed by atoms with Gasteiger partial charge in [-0.1, -0.05) is 32.4 Å². The van der Waals surface area contributed by atoms with Gasteiger partial charge in [0.1, 0.15) is 0 Å². The molecule has 1 spiro atoms. The maximum absolute atomic E-state index is 6.11. The molecule has 0 atom stereocenters. The van der Waals surface area contributed by atoms with Crippen molar-refractivity contribution in [3.8, 4) is 0 Å². The van der Waals surface area contributed by atoms with Crippen LogP contribution in [0.15, 0.2) is 41.6 Å². The summed E-state index contributed by atoms with van der Waals surface area (Å²) >= 11 is 9.82. The average molecular weight is 429 g/mol. The van der Waals surface area contributed by atoms with E-state index in [0.29, 0.717) is 17.3 Å². The fourth-order valence-electron chi connectivity index (χ4n) is 4.86. The summed E-state index contributed by atoms with van der Waals surface area (Å²) in [6, 6.07) is 10.6. The van der Waals surface area contributed by atoms with Gasteiger partial charge in [-0.15, -0.1) is 23.1 Å². The minimum absolute atomic E-state index is 0.204. The Hall–Kier alpha value is -1.10. The van der Waals surface area contributed by atoms with Gasteiger partial charge in [0.25, 0.3) is 0 Å². The van der Waals surface area contributed by atoms with E-state index in [2.05, 4.69) is 44.0 Å². The molecule has 0 unspecified atom stereocenters. The molecule has 0 saturated heterocycles. The number of fused-ring (bicyclic) bond motifs is 1. The fraction of sp³-hybridized carbons (Fsp3) is 0.478. The Kier molecular flexibility index (Phi) is 4.53. The Morgan fingerprint density at radius 2 is 1.82 bits per heavy atom. The van der Waals surface area contributed by atoms with Crippen LogP contribution in [-0.4, -0.2) is 14.7 Å². The Morgan fingerprint density at radius 3 is 2.57 bits per heavy atom. The number of hydrogen-bond acceptors (Lipinski definition) is 4. The molecule has 0 amide bonds. The number of rotatable bonds is 3. The van der Waals surface area contributed by atoms with Gasteiger partial charge in [-0.3, -0.25) is 0 Å². The summed E-state index contributed by atoms with van der Waals surface area (Å²) in [5, 5.41) is 3.24. The standard InChI is InChI=1S/C23H25ClN2S2/c1-22(2,3)28-20-8-14(6-7-25-20)15-10-23(11-15)12-16(13-23)21-26-18-9-17(24)4-5-19(18)27-21/h4-9,15-16H,10-13H2,1-3H3. The average Bonchev–Trinajstić information content (AvgIpc) is 2.93. The van der Waals surface area contributed by atoms with Crippen LogP contribution >= 0.6 is 34.7 Å². The molecule has 146 valence electrons. The van der Waals surface area contributed by atoms with Crippen LogP contribution in [0.3, 0.4) is 0 Å². The molecule has 28 heavy (non-hydrogen) atoms. The summed E-state index contributed by atoms with van der Waals surface area (Å²) in [4.78, 5) is 9.43. The van der Waals surface area contributed by atoms with E-state index in [9.17, 15) is 0 Å². The molecular weight excluding hydrogens is 404 g/mol. The van der Waals surface area contributed by atoms with Crippen LogP contribution in [0.2, 0.25) is 5.02 Å². The van der Waals surface area contributed by atoms with Gasteiger partial charge < -0.3 is 0 Å². The van der Waals surface area contributed by atoms with Crippen LogP contribution in [0.1, 0.15) is 68.9 Å². The highest BCUT2D eigenvalue weighted by molar-refractivity contribution is 8.00. The third-order valence-electron chi connectivity index (χ3n) is 6.07. The Morgan fingerprint density at radius 1 is 1.07 bits per heavy atom. The molecule has 0 bridgehead atoms. The summed E-state index contributed by atoms with van der Waals surface area (Å²) in [7, 11) is 0. The van der Waals surface area contributed by atoms with Crippen LogP contribution in [-0.2, 0) is 0 Å². The zero-order chi connectivity index (χ0) is 19.5. The second-order valence-corrected chi connectivity index (χ2v) is 12.9. The second-order valence-electron chi connectivity index (χ2n) is 9.52. The normalized spacial score (nSPS) is 27.0. The van der Waals surface area contributed by atoms with Gasteiger partial charge >= 0.3 is 0 Å². The van der Waals surface area contributed by atoms with Crippen molar-refractivity contribution in [2.24, 2.45) is 5.41 Å². The van der Waals surface area contributed by atoms with Crippen molar-refractivity contribution in [1.29, 1.82) is 0 Å². The second kappa shape index (κ2) is 6.72. The molecule has 0 N–H and O–H groups in total. The molecule has 2 saturated carbocycles. The van der Waals surface area contributed by atoms with Gasteiger partial charge in [-0.2, -0.15) is 0 Å². The summed E-state index contributed by atoms with van der Waals surface area (Å²) in [6.07, 6.45) is 7.23. The van der Waals surface area contributed by atoms with E-state index in [0.717, 1.165) is 15.6 Å². The highest BCUT2D eigenvalue weighted by Gasteiger charge is 2.54. The van der Waals surface area contributed by atoms with Gasteiger partial charge in [0, 0.05) is 21.9 Å². The zero-order valence-corrected chi connectivity index (χ0v) is 18.9. The third kappa shape index (κ3) is 3.59. The Balaban J connectivity index is 1.22. The third-order valence-corrected chi connectivity index (χ3v) is 8.55. The molecule has 0 aliphatic heterocycles. The van der Waals surface area contributed by atoms with Crippen LogP contribution in [0.25, 0.3) is 10.2 Å². The number of benzene rings is 1. The Bertz CT molecular complexity index is 1020. The first-order chi connectivity index (χ1) is 13.3.